The molecule has 2 rings (SSSR count). The van der Waals surface area contributed by atoms with E-state index < -0.39 is 0 Å². The summed E-state index contributed by atoms with van der Waals surface area (Å²) < 4.78 is 13.0. The van der Waals surface area contributed by atoms with Gasteiger partial charge in [0.25, 0.3) is 0 Å². The number of hydrogen-bond donors (Lipinski definition) is 1. The van der Waals surface area contributed by atoms with Gasteiger partial charge in [-0.2, -0.15) is 0 Å². The minimum Gasteiger partial charge on any atom is -0.389 e. The zero-order valence-corrected chi connectivity index (χ0v) is 8.62. The van der Waals surface area contributed by atoms with Gasteiger partial charge in [0.2, 0.25) is 0 Å². The van der Waals surface area contributed by atoms with Crippen LogP contribution in [0.3, 0.4) is 0 Å². The maximum atomic E-state index is 13.0. The lowest BCUT2D eigenvalue weighted by molar-refractivity contribution is 0.211. The number of rotatable bonds is 1. The summed E-state index contributed by atoms with van der Waals surface area (Å²) in [6.45, 7) is 0. The van der Waals surface area contributed by atoms with Crippen LogP contribution in [0.25, 0.3) is 5.57 Å². The third kappa shape index (κ3) is 2.66. The van der Waals surface area contributed by atoms with E-state index in [0.717, 1.165) is 36.8 Å². The van der Waals surface area contributed by atoms with E-state index >= 15 is 0 Å². The van der Waals surface area contributed by atoms with Gasteiger partial charge in [-0.1, -0.05) is 24.6 Å². The molecule has 1 aromatic rings. The Labute approximate surface area is 89.3 Å². The maximum Gasteiger partial charge on any atom is 0.123 e. The molecular formula is C13H15FO. The van der Waals surface area contributed by atoms with Crippen LogP contribution in [-0.4, -0.2) is 11.2 Å². The topological polar surface area (TPSA) is 20.2 Å². The largest absolute Gasteiger partial charge is 0.389 e. The van der Waals surface area contributed by atoms with Crippen molar-refractivity contribution in [3.05, 3.63) is 41.7 Å². The number of allylic oxidation sites excluding steroid dienone is 1. The van der Waals surface area contributed by atoms with Crippen molar-refractivity contribution >= 4 is 5.57 Å². The van der Waals surface area contributed by atoms with Crippen molar-refractivity contribution in [3.63, 3.8) is 0 Å². The van der Waals surface area contributed by atoms with Crippen LogP contribution in [-0.2, 0) is 0 Å². The van der Waals surface area contributed by atoms with Gasteiger partial charge in [0.15, 0.2) is 0 Å². The van der Waals surface area contributed by atoms with E-state index in [9.17, 15) is 9.50 Å². The zero-order chi connectivity index (χ0) is 10.7. The van der Waals surface area contributed by atoms with Crippen molar-refractivity contribution in [2.24, 2.45) is 0 Å². The summed E-state index contributed by atoms with van der Waals surface area (Å²) in [5.74, 6) is -0.216. The second-order valence-corrected chi connectivity index (χ2v) is 4.02. The van der Waals surface area contributed by atoms with Crippen LogP contribution in [0.1, 0.15) is 31.2 Å². The molecule has 0 radical (unpaired) electrons. The third-order valence-corrected chi connectivity index (χ3v) is 2.78. The molecule has 1 aromatic carbocycles. The Kier molecular flexibility index (Phi) is 3.17. The molecule has 80 valence electrons. The Morgan fingerprint density at radius 1 is 1.27 bits per heavy atom. The highest BCUT2D eigenvalue weighted by molar-refractivity contribution is 5.66. The van der Waals surface area contributed by atoms with Crippen LogP contribution in [0.15, 0.2) is 30.3 Å². The first-order chi connectivity index (χ1) is 7.25. The molecular weight excluding hydrogens is 191 g/mol. The van der Waals surface area contributed by atoms with E-state index in [1.165, 1.54) is 12.1 Å². The highest BCUT2D eigenvalue weighted by atomic mass is 19.1. The lowest BCUT2D eigenvalue weighted by Gasteiger charge is -2.06. The fourth-order valence-corrected chi connectivity index (χ4v) is 2.00. The Bertz CT molecular complexity index is 371. The first-order valence-electron chi connectivity index (χ1n) is 5.40. The van der Waals surface area contributed by atoms with Gasteiger partial charge in [-0.25, -0.2) is 4.39 Å². The molecule has 0 heterocycles. The van der Waals surface area contributed by atoms with Gasteiger partial charge in [0.1, 0.15) is 5.82 Å². The van der Waals surface area contributed by atoms with E-state index in [1.807, 2.05) is 12.1 Å². The lowest BCUT2D eigenvalue weighted by atomic mass is 10.0. The van der Waals surface area contributed by atoms with Crippen molar-refractivity contribution in [2.75, 3.05) is 0 Å². The highest BCUT2D eigenvalue weighted by Gasteiger charge is 2.10. The molecule has 15 heavy (non-hydrogen) atoms. The predicted molar refractivity (Wildman–Crippen MR) is 58.9 cm³/mol. The van der Waals surface area contributed by atoms with Gasteiger partial charge in [0, 0.05) is 0 Å². The van der Waals surface area contributed by atoms with Gasteiger partial charge in [0.05, 0.1) is 6.10 Å². The van der Waals surface area contributed by atoms with Gasteiger partial charge in [-0.15, -0.1) is 0 Å². The summed E-state index contributed by atoms with van der Waals surface area (Å²) in [6, 6.07) is 6.58. The number of benzene rings is 1. The minimum absolute atomic E-state index is 0.216. The van der Waals surface area contributed by atoms with Crippen LogP contribution in [0.4, 0.5) is 4.39 Å². The first kappa shape index (κ1) is 10.4. The van der Waals surface area contributed by atoms with Gasteiger partial charge in [-0.05, 0) is 42.5 Å². The Morgan fingerprint density at radius 2 is 2.13 bits per heavy atom. The average Bonchev–Trinajstić information content (AvgIpc) is 2.43. The first-order valence-corrected chi connectivity index (χ1v) is 5.40. The van der Waals surface area contributed by atoms with Crippen molar-refractivity contribution in [2.45, 2.75) is 31.8 Å². The Hall–Kier alpha value is -1.15. The van der Waals surface area contributed by atoms with Gasteiger partial charge < -0.3 is 5.11 Å². The summed E-state index contributed by atoms with van der Waals surface area (Å²) in [5, 5.41) is 9.62. The molecule has 1 aliphatic carbocycles. The second kappa shape index (κ2) is 4.58. The third-order valence-electron chi connectivity index (χ3n) is 2.78. The van der Waals surface area contributed by atoms with E-state index in [-0.39, 0.29) is 11.9 Å². The van der Waals surface area contributed by atoms with Crippen LogP contribution in [0.2, 0.25) is 0 Å². The molecule has 0 saturated heterocycles. The smallest absolute Gasteiger partial charge is 0.123 e. The molecule has 0 aliphatic heterocycles. The number of aliphatic hydroxyl groups excluding tert-OH is 1. The number of hydrogen-bond acceptors (Lipinski definition) is 1. The van der Waals surface area contributed by atoms with E-state index in [4.69, 9.17) is 0 Å². The lowest BCUT2D eigenvalue weighted by Crippen LogP contribution is -2.00. The number of aliphatic hydroxyl groups is 1. The van der Waals surface area contributed by atoms with Crippen LogP contribution in [0.5, 0.6) is 0 Å². The van der Waals surface area contributed by atoms with Crippen molar-refractivity contribution in [3.8, 4) is 0 Å². The Balaban J connectivity index is 2.28. The molecule has 0 fully saturated rings. The molecule has 0 spiro atoms. The quantitative estimate of drug-likeness (QED) is 0.748. The molecule has 1 atom stereocenters. The van der Waals surface area contributed by atoms with Crippen LogP contribution >= 0.6 is 0 Å². The van der Waals surface area contributed by atoms with Crippen molar-refractivity contribution in [1.82, 2.24) is 0 Å². The minimum atomic E-state index is -0.370. The highest BCUT2D eigenvalue weighted by Crippen LogP contribution is 2.26. The molecule has 0 saturated carbocycles. The standard InChI is InChI=1S/C13H15FO/c14-12-6-3-5-10(8-12)11-4-1-2-7-13(15)9-11/h3,5-6,8-9,13,15H,1-2,4,7H2. The molecule has 0 amide bonds. The SMILES string of the molecule is OC1C=C(c2cccc(F)c2)CCCC1. The molecule has 1 nitrogen and oxygen atoms in total. The molecule has 1 aliphatic rings. The number of halogens is 1. The molecule has 1 N–H and O–H groups in total. The monoisotopic (exact) mass is 206 g/mol. The zero-order valence-electron chi connectivity index (χ0n) is 8.62. The van der Waals surface area contributed by atoms with E-state index in [2.05, 4.69) is 0 Å². The van der Waals surface area contributed by atoms with E-state index in [0.29, 0.717) is 0 Å². The van der Waals surface area contributed by atoms with Crippen LogP contribution in [0, 0.1) is 5.82 Å². The van der Waals surface area contributed by atoms with Crippen molar-refractivity contribution < 1.29 is 9.50 Å². The van der Waals surface area contributed by atoms with Crippen molar-refractivity contribution in [1.29, 1.82) is 0 Å². The van der Waals surface area contributed by atoms with Gasteiger partial charge in [-0.3, -0.25) is 0 Å². The average molecular weight is 206 g/mol. The summed E-state index contributed by atoms with van der Waals surface area (Å²) in [5.41, 5.74) is 1.97. The summed E-state index contributed by atoms with van der Waals surface area (Å²) in [4.78, 5) is 0. The molecule has 0 aromatic heterocycles. The molecule has 0 bridgehead atoms. The maximum absolute atomic E-state index is 13.0. The summed E-state index contributed by atoms with van der Waals surface area (Å²) in [6.07, 6.45) is 5.35. The summed E-state index contributed by atoms with van der Waals surface area (Å²) >= 11 is 0. The fraction of sp³-hybridized carbons (Fsp3) is 0.385. The van der Waals surface area contributed by atoms with Gasteiger partial charge >= 0.3 is 0 Å². The molecule has 2 heteroatoms. The Morgan fingerprint density at radius 3 is 2.93 bits per heavy atom. The summed E-state index contributed by atoms with van der Waals surface area (Å²) in [7, 11) is 0. The predicted octanol–water partition coefficient (Wildman–Crippen LogP) is 3.14. The second-order valence-electron chi connectivity index (χ2n) is 4.02. The normalized spacial score (nSPS) is 22.0. The molecule has 1 unspecified atom stereocenters. The van der Waals surface area contributed by atoms with Crippen LogP contribution < -0.4 is 0 Å². The fourth-order valence-electron chi connectivity index (χ4n) is 2.00. The van der Waals surface area contributed by atoms with E-state index in [1.54, 1.807) is 6.07 Å².